The molecule has 1 aromatic rings. The Bertz CT molecular complexity index is 533. The van der Waals surface area contributed by atoms with E-state index in [9.17, 15) is 19.2 Å². The Kier molecular flexibility index (Phi) is 2.27. The summed E-state index contributed by atoms with van der Waals surface area (Å²) in [6, 6.07) is 2.07. The average molecular weight is 234 g/mol. The third-order valence-electron chi connectivity index (χ3n) is 2.39. The van der Waals surface area contributed by atoms with E-state index in [1.807, 2.05) is 0 Å². The van der Waals surface area contributed by atoms with Crippen LogP contribution in [0, 0.1) is 0 Å². The van der Waals surface area contributed by atoms with Crippen LogP contribution in [0.1, 0.15) is 48.4 Å². The van der Waals surface area contributed by atoms with Crippen LogP contribution in [0.2, 0.25) is 0 Å². The van der Waals surface area contributed by atoms with Gasteiger partial charge in [0.25, 0.3) is 0 Å². The molecule has 0 bridgehead atoms. The van der Waals surface area contributed by atoms with Crippen LogP contribution < -0.4 is 0 Å². The van der Waals surface area contributed by atoms with Gasteiger partial charge >= 0.3 is 17.9 Å². The van der Waals surface area contributed by atoms with Gasteiger partial charge in [0.1, 0.15) is 0 Å². The second kappa shape index (κ2) is 3.51. The van der Waals surface area contributed by atoms with E-state index in [0.717, 1.165) is 12.1 Å². The molecule has 0 amide bonds. The lowest BCUT2D eigenvalue weighted by molar-refractivity contribution is 0.0443. The van der Waals surface area contributed by atoms with Gasteiger partial charge in [0.05, 0.1) is 16.7 Å². The summed E-state index contributed by atoms with van der Waals surface area (Å²) in [4.78, 5) is 44.6. The van der Waals surface area contributed by atoms with Gasteiger partial charge in [0.15, 0.2) is 5.78 Å². The fourth-order valence-electron chi connectivity index (χ4n) is 1.60. The third kappa shape index (κ3) is 1.59. The van der Waals surface area contributed by atoms with E-state index in [1.165, 1.54) is 6.92 Å². The molecule has 6 nitrogen and oxygen atoms in total. The van der Waals surface area contributed by atoms with Gasteiger partial charge in [-0.3, -0.25) is 4.79 Å². The molecule has 1 aromatic carbocycles. The van der Waals surface area contributed by atoms with E-state index in [2.05, 4.69) is 4.74 Å². The second-order valence-corrected chi connectivity index (χ2v) is 3.48. The Hall–Kier alpha value is -2.50. The first-order chi connectivity index (χ1) is 7.91. The Morgan fingerprint density at radius 1 is 1.06 bits per heavy atom. The molecule has 1 heterocycles. The molecular weight excluding hydrogens is 228 g/mol. The normalized spacial score (nSPS) is 13.2. The fraction of sp³-hybridized carbons (Fsp3) is 0.0909. The van der Waals surface area contributed by atoms with Gasteiger partial charge in [0, 0.05) is 5.56 Å². The molecule has 0 aromatic heterocycles. The largest absolute Gasteiger partial charge is 0.478 e. The summed E-state index contributed by atoms with van der Waals surface area (Å²) in [6.45, 7) is 1.18. The van der Waals surface area contributed by atoms with Crippen molar-refractivity contribution in [2.45, 2.75) is 6.92 Å². The quantitative estimate of drug-likeness (QED) is 0.463. The minimum atomic E-state index is -1.34. The molecule has 1 aliphatic rings. The lowest BCUT2D eigenvalue weighted by Gasteiger charge is -2.03. The number of carboxylic acids is 1. The van der Waals surface area contributed by atoms with Crippen LogP contribution in [0.25, 0.3) is 0 Å². The van der Waals surface area contributed by atoms with Crippen LogP contribution in [0.4, 0.5) is 0 Å². The zero-order valence-corrected chi connectivity index (χ0v) is 8.64. The van der Waals surface area contributed by atoms with Crippen molar-refractivity contribution in [3.63, 3.8) is 0 Å². The molecule has 0 saturated heterocycles. The smallest absolute Gasteiger partial charge is 0.346 e. The van der Waals surface area contributed by atoms with Crippen molar-refractivity contribution in [3.05, 3.63) is 34.4 Å². The van der Waals surface area contributed by atoms with Crippen LogP contribution in [0.5, 0.6) is 0 Å². The number of hydrogen-bond donors (Lipinski definition) is 1. The summed E-state index contributed by atoms with van der Waals surface area (Å²) in [5.74, 6) is -3.62. The molecule has 1 aliphatic heterocycles. The number of esters is 2. The highest BCUT2D eigenvalue weighted by Gasteiger charge is 2.32. The number of carbonyl (C=O) groups excluding carboxylic acids is 3. The molecular formula is C11H6O6. The van der Waals surface area contributed by atoms with Crippen LogP contribution in [0.15, 0.2) is 12.1 Å². The van der Waals surface area contributed by atoms with E-state index >= 15 is 0 Å². The predicted molar refractivity (Wildman–Crippen MR) is 53.2 cm³/mol. The number of ketones is 1. The number of ether oxygens (including phenoxy) is 1. The third-order valence-corrected chi connectivity index (χ3v) is 2.39. The minimum absolute atomic E-state index is 0.0785. The second-order valence-electron chi connectivity index (χ2n) is 3.48. The van der Waals surface area contributed by atoms with E-state index < -0.39 is 23.7 Å². The molecule has 0 saturated carbocycles. The maximum absolute atomic E-state index is 11.3. The Labute approximate surface area is 94.8 Å². The van der Waals surface area contributed by atoms with Crippen molar-refractivity contribution >= 4 is 23.7 Å². The van der Waals surface area contributed by atoms with Crippen molar-refractivity contribution in [1.29, 1.82) is 0 Å². The van der Waals surface area contributed by atoms with Crippen LogP contribution in [-0.4, -0.2) is 28.8 Å². The Balaban J connectivity index is 2.76. The fourth-order valence-corrected chi connectivity index (χ4v) is 1.60. The molecule has 2 rings (SSSR count). The van der Waals surface area contributed by atoms with Crippen molar-refractivity contribution in [3.8, 4) is 0 Å². The lowest BCUT2D eigenvalue weighted by Crippen LogP contribution is -2.09. The molecule has 0 spiro atoms. The summed E-state index contributed by atoms with van der Waals surface area (Å²) in [5, 5.41) is 8.91. The first kappa shape index (κ1) is 11.0. The van der Waals surface area contributed by atoms with Crippen molar-refractivity contribution in [1.82, 2.24) is 0 Å². The maximum Gasteiger partial charge on any atom is 0.346 e. The standard InChI is InChI=1S/C11H6O6/c1-4(12)5-2-7-8(3-6(5)9(13)14)11(16)17-10(7)15/h2-3H,1H3,(H,13,14). The monoisotopic (exact) mass is 234 g/mol. The number of hydrogen-bond acceptors (Lipinski definition) is 5. The molecule has 0 unspecified atom stereocenters. The molecule has 6 heteroatoms. The zero-order valence-electron chi connectivity index (χ0n) is 8.64. The summed E-state index contributed by atoms with van der Waals surface area (Å²) in [7, 11) is 0. The number of cyclic esters (lactones) is 2. The molecule has 0 radical (unpaired) electrons. The minimum Gasteiger partial charge on any atom is -0.478 e. The van der Waals surface area contributed by atoms with Gasteiger partial charge in [-0.1, -0.05) is 0 Å². The number of aromatic carboxylic acids is 1. The summed E-state index contributed by atoms with van der Waals surface area (Å²) >= 11 is 0. The number of benzene rings is 1. The van der Waals surface area contributed by atoms with Gasteiger partial charge in [0.2, 0.25) is 0 Å². The van der Waals surface area contributed by atoms with Crippen molar-refractivity contribution in [2.24, 2.45) is 0 Å². The van der Waals surface area contributed by atoms with Crippen molar-refractivity contribution in [2.75, 3.05) is 0 Å². The SMILES string of the molecule is CC(=O)c1cc2c(cc1C(=O)O)C(=O)OC2=O. The van der Waals surface area contributed by atoms with E-state index in [-0.39, 0.29) is 22.3 Å². The lowest BCUT2D eigenvalue weighted by atomic mass is 9.97. The number of carbonyl (C=O) groups is 4. The Morgan fingerprint density at radius 3 is 1.94 bits per heavy atom. The molecule has 0 fully saturated rings. The summed E-state index contributed by atoms with van der Waals surface area (Å²) < 4.78 is 4.32. The highest BCUT2D eigenvalue weighted by molar-refractivity contribution is 6.17. The van der Waals surface area contributed by atoms with E-state index in [4.69, 9.17) is 5.11 Å². The summed E-state index contributed by atoms with van der Waals surface area (Å²) in [5.41, 5.74) is -0.645. The molecule has 86 valence electrons. The van der Waals surface area contributed by atoms with Gasteiger partial charge in [-0.2, -0.15) is 0 Å². The molecule has 0 atom stereocenters. The first-order valence-electron chi connectivity index (χ1n) is 4.60. The van der Waals surface area contributed by atoms with Gasteiger partial charge in [-0.05, 0) is 19.1 Å². The van der Waals surface area contributed by atoms with E-state index in [0.29, 0.717) is 0 Å². The van der Waals surface area contributed by atoms with Crippen molar-refractivity contribution < 1.29 is 29.0 Å². The van der Waals surface area contributed by atoms with Gasteiger partial charge in [-0.15, -0.1) is 0 Å². The first-order valence-corrected chi connectivity index (χ1v) is 4.60. The van der Waals surface area contributed by atoms with Crippen LogP contribution >= 0.6 is 0 Å². The van der Waals surface area contributed by atoms with Crippen LogP contribution in [-0.2, 0) is 4.74 Å². The number of rotatable bonds is 2. The number of fused-ring (bicyclic) bond motifs is 1. The molecule has 1 N–H and O–H groups in total. The molecule has 17 heavy (non-hydrogen) atoms. The van der Waals surface area contributed by atoms with Crippen LogP contribution in [0.3, 0.4) is 0 Å². The maximum atomic E-state index is 11.3. The zero-order chi connectivity index (χ0) is 12.7. The highest BCUT2D eigenvalue weighted by Crippen LogP contribution is 2.24. The Morgan fingerprint density at radius 2 is 1.53 bits per heavy atom. The highest BCUT2D eigenvalue weighted by atomic mass is 16.6. The number of Topliss-reactive ketones (excluding diaryl/α,β-unsaturated/α-hetero) is 1. The van der Waals surface area contributed by atoms with Gasteiger partial charge < -0.3 is 9.84 Å². The molecule has 0 aliphatic carbocycles. The van der Waals surface area contributed by atoms with Gasteiger partial charge in [-0.25, -0.2) is 14.4 Å². The topological polar surface area (TPSA) is 97.7 Å². The van der Waals surface area contributed by atoms with E-state index in [1.54, 1.807) is 0 Å². The average Bonchev–Trinajstić information content (AvgIpc) is 2.52. The number of carboxylic acid groups (broad SMARTS) is 1. The summed E-state index contributed by atoms with van der Waals surface area (Å²) in [6.07, 6.45) is 0. The predicted octanol–water partition coefficient (Wildman–Crippen LogP) is 0.898.